The van der Waals surface area contributed by atoms with Gasteiger partial charge in [-0.1, -0.05) is 82.3 Å². The highest BCUT2D eigenvalue weighted by Crippen LogP contribution is 2.37. The third-order valence-electron chi connectivity index (χ3n) is 4.66. The summed E-state index contributed by atoms with van der Waals surface area (Å²) < 4.78 is 0. The summed E-state index contributed by atoms with van der Waals surface area (Å²) in [5.74, 6) is 0.304. The molecule has 2 atom stereocenters. The molecule has 0 aliphatic carbocycles. The molecule has 0 bridgehead atoms. The molecule has 2 rings (SSSR count). The van der Waals surface area contributed by atoms with Crippen LogP contribution in [0.2, 0.25) is 0 Å². The van der Waals surface area contributed by atoms with Crippen molar-refractivity contribution in [2.45, 2.75) is 50.8 Å². The Labute approximate surface area is 134 Å². The molecule has 1 heteroatoms. The number of benzene rings is 2. The lowest BCUT2D eigenvalue weighted by Gasteiger charge is -2.24. The van der Waals surface area contributed by atoms with Crippen LogP contribution in [0.4, 0.5) is 0 Å². The van der Waals surface area contributed by atoms with Gasteiger partial charge >= 0.3 is 0 Å². The Kier molecular flexibility index (Phi) is 5.11. The molecule has 0 spiro atoms. The Morgan fingerprint density at radius 1 is 0.905 bits per heavy atom. The molecule has 0 amide bonds. The van der Waals surface area contributed by atoms with Crippen molar-refractivity contribution >= 4 is 11.6 Å². The van der Waals surface area contributed by atoms with Gasteiger partial charge in [0.1, 0.15) is 0 Å². The van der Waals surface area contributed by atoms with Gasteiger partial charge in [-0.25, -0.2) is 0 Å². The van der Waals surface area contributed by atoms with Crippen molar-refractivity contribution in [1.82, 2.24) is 0 Å². The van der Waals surface area contributed by atoms with Gasteiger partial charge in [-0.2, -0.15) is 0 Å². The van der Waals surface area contributed by atoms with Gasteiger partial charge in [0.05, 0.1) is 5.38 Å². The smallest absolute Gasteiger partial charge is 0.0651 e. The molecule has 0 N–H and O–H groups in total. The van der Waals surface area contributed by atoms with E-state index in [2.05, 4.69) is 76.2 Å². The van der Waals surface area contributed by atoms with Crippen LogP contribution in [0.5, 0.6) is 0 Å². The van der Waals surface area contributed by atoms with Crippen molar-refractivity contribution in [2.24, 2.45) is 0 Å². The Morgan fingerprint density at radius 2 is 1.48 bits per heavy atom. The molecule has 2 aromatic carbocycles. The van der Waals surface area contributed by atoms with E-state index in [1.165, 1.54) is 16.7 Å². The van der Waals surface area contributed by atoms with Crippen LogP contribution >= 0.6 is 11.6 Å². The molecule has 0 radical (unpaired) electrons. The van der Waals surface area contributed by atoms with Gasteiger partial charge in [0.2, 0.25) is 0 Å². The lowest BCUT2D eigenvalue weighted by atomic mass is 9.81. The first-order valence-corrected chi connectivity index (χ1v) is 8.19. The number of rotatable bonds is 5. The van der Waals surface area contributed by atoms with Crippen molar-refractivity contribution in [3.63, 3.8) is 0 Å². The molecule has 0 aromatic heterocycles. The van der Waals surface area contributed by atoms with Crippen molar-refractivity contribution in [3.05, 3.63) is 71.3 Å². The highest BCUT2D eigenvalue weighted by molar-refractivity contribution is 6.21. The molecule has 0 aliphatic rings. The zero-order chi connectivity index (χ0) is 15.5. The minimum Gasteiger partial charge on any atom is -0.117 e. The Balaban J connectivity index is 2.19. The van der Waals surface area contributed by atoms with Gasteiger partial charge in [0.15, 0.2) is 0 Å². The number of hydrogen-bond acceptors (Lipinski definition) is 0. The molecule has 2 unspecified atom stereocenters. The molecule has 0 fully saturated rings. The monoisotopic (exact) mass is 300 g/mol. The summed E-state index contributed by atoms with van der Waals surface area (Å²) in [5.41, 5.74) is 4.09. The van der Waals surface area contributed by atoms with E-state index in [0.717, 1.165) is 6.42 Å². The van der Waals surface area contributed by atoms with Gasteiger partial charge in [0, 0.05) is 5.92 Å². The molecule has 0 saturated heterocycles. The molecule has 0 heterocycles. The predicted octanol–water partition coefficient (Wildman–Crippen LogP) is 6.46. The molecule has 21 heavy (non-hydrogen) atoms. The maximum absolute atomic E-state index is 6.69. The lowest BCUT2D eigenvalue weighted by molar-refractivity contribution is 0.506. The summed E-state index contributed by atoms with van der Waals surface area (Å²) in [6.07, 6.45) is 1.14. The summed E-state index contributed by atoms with van der Waals surface area (Å²) in [7, 11) is 0. The fraction of sp³-hybridized carbons (Fsp3) is 0.400. The predicted molar refractivity (Wildman–Crippen MR) is 93.2 cm³/mol. The number of halogens is 1. The lowest BCUT2D eigenvalue weighted by Crippen LogP contribution is -2.15. The van der Waals surface area contributed by atoms with Crippen LogP contribution < -0.4 is 0 Å². The van der Waals surface area contributed by atoms with E-state index in [4.69, 9.17) is 11.6 Å². The second kappa shape index (κ2) is 6.66. The van der Waals surface area contributed by atoms with Crippen molar-refractivity contribution in [2.75, 3.05) is 0 Å². The maximum atomic E-state index is 6.69. The van der Waals surface area contributed by atoms with Gasteiger partial charge < -0.3 is 0 Å². The van der Waals surface area contributed by atoms with Crippen molar-refractivity contribution < 1.29 is 0 Å². The number of alkyl halides is 1. The van der Waals surface area contributed by atoms with E-state index in [1.807, 2.05) is 6.07 Å². The average molecular weight is 301 g/mol. The second-order valence-electron chi connectivity index (χ2n) is 6.46. The zero-order valence-electron chi connectivity index (χ0n) is 13.4. The van der Waals surface area contributed by atoms with Crippen LogP contribution in [-0.2, 0) is 5.41 Å². The Bertz CT molecular complexity index is 554. The quantitative estimate of drug-likeness (QED) is 0.556. The highest BCUT2D eigenvalue weighted by atomic mass is 35.5. The topological polar surface area (TPSA) is 0 Å². The van der Waals surface area contributed by atoms with Crippen LogP contribution in [0.1, 0.15) is 62.1 Å². The number of hydrogen-bond donors (Lipinski definition) is 0. The summed E-state index contributed by atoms with van der Waals surface area (Å²) in [4.78, 5) is 0. The fourth-order valence-electron chi connectivity index (χ4n) is 2.54. The molecule has 2 aromatic rings. The molecule has 112 valence electrons. The SMILES string of the molecule is CCC(C)(C)c1ccc(C(Cl)C(C)c2ccccc2)cc1. The van der Waals surface area contributed by atoms with E-state index in [9.17, 15) is 0 Å². The largest absolute Gasteiger partial charge is 0.117 e. The molecule has 0 aliphatic heterocycles. The molecular weight excluding hydrogens is 276 g/mol. The van der Waals surface area contributed by atoms with Crippen LogP contribution in [0.3, 0.4) is 0 Å². The van der Waals surface area contributed by atoms with E-state index < -0.39 is 0 Å². The molecular formula is C20H25Cl. The van der Waals surface area contributed by atoms with Crippen LogP contribution in [0.15, 0.2) is 54.6 Å². The first-order valence-electron chi connectivity index (χ1n) is 7.75. The maximum Gasteiger partial charge on any atom is 0.0651 e. The van der Waals surface area contributed by atoms with E-state index >= 15 is 0 Å². The minimum absolute atomic E-state index is 0.00573. The minimum atomic E-state index is 0.00573. The Hall–Kier alpha value is -1.27. The van der Waals surface area contributed by atoms with Crippen LogP contribution in [0, 0.1) is 0 Å². The third-order valence-corrected chi connectivity index (χ3v) is 5.29. The highest BCUT2D eigenvalue weighted by Gasteiger charge is 2.21. The van der Waals surface area contributed by atoms with E-state index in [0.29, 0.717) is 5.92 Å². The first kappa shape index (κ1) is 16.1. The summed E-state index contributed by atoms with van der Waals surface area (Å²) in [6, 6.07) is 19.3. The van der Waals surface area contributed by atoms with Crippen LogP contribution in [-0.4, -0.2) is 0 Å². The average Bonchev–Trinajstić information content (AvgIpc) is 2.54. The second-order valence-corrected chi connectivity index (χ2v) is 6.93. The molecule has 0 saturated carbocycles. The standard InChI is InChI=1S/C20H25Cl/c1-5-20(3,4)18-13-11-17(12-14-18)19(21)15(2)16-9-7-6-8-10-16/h6-15,19H,5H2,1-4H3. The van der Waals surface area contributed by atoms with Gasteiger partial charge in [-0.05, 0) is 28.5 Å². The van der Waals surface area contributed by atoms with Crippen LogP contribution in [0.25, 0.3) is 0 Å². The molecule has 0 nitrogen and oxygen atoms in total. The third kappa shape index (κ3) is 3.68. The first-order chi connectivity index (χ1) is 9.95. The van der Waals surface area contributed by atoms with Crippen molar-refractivity contribution in [1.29, 1.82) is 0 Å². The van der Waals surface area contributed by atoms with E-state index in [1.54, 1.807) is 0 Å². The van der Waals surface area contributed by atoms with E-state index in [-0.39, 0.29) is 10.8 Å². The van der Waals surface area contributed by atoms with Gasteiger partial charge in [0.25, 0.3) is 0 Å². The summed E-state index contributed by atoms with van der Waals surface area (Å²) in [6.45, 7) is 8.99. The van der Waals surface area contributed by atoms with Gasteiger partial charge in [-0.3, -0.25) is 0 Å². The van der Waals surface area contributed by atoms with Gasteiger partial charge in [-0.15, -0.1) is 11.6 Å². The van der Waals surface area contributed by atoms with Crippen molar-refractivity contribution in [3.8, 4) is 0 Å². The summed E-state index contributed by atoms with van der Waals surface area (Å²) in [5, 5.41) is 0.00573. The summed E-state index contributed by atoms with van der Waals surface area (Å²) >= 11 is 6.69. The Morgan fingerprint density at radius 3 is 2.00 bits per heavy atom. The fourth-order valence-corrected chi connectivity index (χ4v) is 2.83. The zero-order valence-corrected chi connectivity index (χ0v) is 14.2. The normalized spacial score (nSPS) is 14.7.